The Morgan fingerprint density at radius 2 is 1.08 bits per heavy atom. The van der Waals surface area contributed by atoms with E-state index in [9.17, 15) is 10.2 Å². The predicted octanol–water partition coefficient (Wildman–Crippen LogP) is 6.48. The lowest BCUT2D eigenvalue weighted by Gasteiger charge is -2.36. The van der Waals surface area contributed by atoms with Crippen LogP contribution in [0.3, 0.4) is 0 Å². The number of fused-ring (bicyclic) bond motifs is 2. The molecule has 0 bridgehead atoms. The number of aromatic hydroxyl groups is 2. The quantitative estimate of drug-likeness (QED) is 0.185. The summed E-state index contributed by atoms with van der Waals surface area (Å²) in [5.74, 6) is 4.17. The first-order chi connectivity index (χ1) is 23.7. The Bertz CT molecular complexity index is 1830. The van der Waals surface area contributed by atoms with Crippen molar-refractivity contribution in [2.45, 2.75) is 37.8 Å². The second-order valence-corrected chi connectivity index (χ2v) is 12.7. The van der Waals surface area contributed by atoms with E-state index in [1.807, 2.05) is 30.3 Å². The number of benzene rings is 4. The van der Waals surface area contributed by atoms with Crippen LogP contribution in [-0.2, 0) is 25.7 Å². The highest BCUT2D eigenvalue weighted by Gasteiger charge is 2.31. The van der Waals surface area contributed by atoms with Gasteiger partial charge in [-0.3, -0.25) is 9.80 Å². The van der Waals surface area contributed by atoms with Gasteiger partial charge >= 0.3 is 0 Å². The number of phenols is 2. The van der Waals surface area contributed by atoms with Gasteiger partial charge in [-0.1, -0.05) is 6.07 Å². The third-order valence-corrected chi connectivity index (χ3v) is 9.99. The highest BCUT2D eigenvalue weighted by molar-refractivity contribution is 5.57. The summed E-state index contributed by atoms with van der Waals surface area (Å²) in [5.41, 5.74) is 6.47. The van der Waals surface area contributed by atoms with Crippen LogP contribution in [0.1, 0.15) is 45.5 Å². The molecule has 6 rings (SSSR count). The molecule has 2 aliphatic heterocycles. The Morgan fingerprint density at radius 3 is 1.69 bits per heavy atom. The van der Waals surface area contributed by atoms with Gasteiger partial charge in [0.25, 0.3) is 0 Å². The average molecular weight is 671 g/mol. The summed E-state index contributed by atoms with van der Waals surface area (Å²) in [4.78, 5) is 4.63. The van der Waals surface area contributed by atoms with Crippen LogP contribution in [0.5, 0.6) is 51.7 Å². The van der Waals surface area contributed by atoms with Crippen LogP contribution in [0, 0.1) is 0 Å². The Labute approximate surface area is 288 Å². The number of hydrogen-bond acceptors (Lipinski definition) is 10. The maximum Gasteiger partial charge on any atom is 0.169 e. The van der Waals surface area contributed by atoms with Gasteiger partial charge < -0.3 is 38.6 Å². The van der Waals surface area contributed by atoms with Crippen molar-refractivity contribution in [1.29, 1.82) is 0 Å². The van der Waals surface area contributed by atoms with Crippen molar-refractivity contribution in [2.24, 2.45) is 0 Å². The smallest absolute Gasteiger partial charge is 0.169 e. The van der Waals surface area contributed by atoms with Crippen molar-refractivity contribution in [3.05, 3.63) is 88.0 Å². The number of likely N-dealkylation sites (N-methyl/N-ethyl adjacent to an activating group) is 2. The maximum atomic E-state index is 10.7. The van der Waals surface area contributed by atoms with Gasteiger partial charge in [-0.05, 0) is 110 Å². The number of methoxy groups -OCH3 is 5. The topological polar surface area (TPSA) is 102 Å². The first kappa shape index (κ1) is 34.1. The standard InChI is InChI=1S/C39H46N2O8/c1-40-12-11-25-18-37(47-6)39(21-28(25)29(40)14-23-8-9-33(44-3)31(42)15-23)49-34-22-38(48-7)36(46-5)19-26(34)16-30-27-20-32(43)35(45-4)17-24(27)10-13-41(30)2/h8-9,15,17-22,29-30,42-43H,10-14,16H2,1-7H3/t29-,30-/m0/s1. The van der Waals surface area contributed by atoms with Gasteiger partial charge in [-0.2, -0.15) is 0 Å². The molecule has 10 heteroatoms. The van der Waals surface area contributed by atoms with Crippen molar-refractivity contribution in [2.75, 3.05) is 62.7 Å². The molecule has 2 aliphatic rings. The average Bonchev–Trinajstić information content (AvgIpc) is 3.10. The summed E-state index contributed by atoms with van der Waals surface area (Å²) in [6.07, 6.45) is 3.01. The van der Waals surface area contributed by atoms with Gasteiger partial charge in [0.1, 0.15) is 5.75 Å². The number of rotatable bonds is 11. The molecule has 2 heterocycles. The van der Waals surface area contributed by atoms with Crippen LogP contribution in [0.15, 0.2) is 54.6 Å². The van der Waals surface area contributed by atoms with Gasteiger partial charge in [0, 0.05) is 36.8 Å². The molecule has 4 aromatic rings. The van der Waals surface area contributed by atoms with E-state index in [2.05, 4.69) is 36.0 Å². The summed E-state index contributed by atoms with van der Waals surface area (Å²) in [7, 11) is 12.2. The lowest BCUT2D eigenvalue weighted by Crippen LogP contribution is -2.33. The highest BCUT2D eigenvalue weighted by Crippen LogP contribution is 2.46. The molecule has 0 saturated heterocycles. The van der Waals surface area contributed by atoms with Crippen LogP contribution >= 0.6 is 0 Å². The molecule has 0 saturated carbocycles. The van der Waals surface area contributed by atoms with E-state index >= 15 is 0 Å². The Hall–Kier alpha value is -4.80. The monoisotopic (exact) mass is 670 g/mol. The zero-order chi connectivity index (χ0) is 34.8. The maximum absolute atomic E-state index is 10.7. The number of nitrogens with zero attached hydrogens (tertiary/aromatic N) is 2. The number of phenolic OH excluding ortho intramolecular Hbond substituents is 2. The molecule has 2 N–H and O–H groups in total. The second-order valence-electron chi connectivity index (χ2n) is 12.7. The minimum Gasteiger partial charge on any atom is -0.504 e. The molecule has 0 amide bonds. The van der Waals surface area contributed by atoms with Crippen molar-refractivity contribution >= 4 is 0 Å². The Kier molecular flexibility index (Phi) is 9.99. The predicted molar refractivity (Wildman–Crippen MR) is 187 cm³/mol. The first-order valence-electron chi connectivity index (χ1n) is 16.5. The lowest BCUT2D eigenvalue weighted by molar-refractivity contribution is 0.226. The van der Waals surface area contributed by atoms with Crippen molar-refractivity contribution in [1.82, 2.24) is 9.80 Å². The zero-order valence-corrected chi connectivity index (χ0v) is 29.3. The first-order valence-corrected chi connectivity index (χ1v) is 16.5. The normalized spacial score (nSPS) is 17.5. The molecule has 10 nitrogen and oxygen atoms in total. The molecule has 0 aromatic heterocycles. The molecule has 0 unspecified atom stereocenters. The zero-order valence-electron chi connectivity index (χ0n) is 29.3. The van der Waals surface area contributed by atoms with E-state index in [-0.39, 0.29) is 23.6 Å². The van der Waals surface area contributed by atoms with Crippen LogP contribution in [-0.4, -0.2) is 82.7 Å². The summed E-state index contributed by atoms with van der Waals surface area (Å²) < 4.78 is 34.9. The van der Waals surface area contributed by atoms with E-state index in [1.54, 1.807) is 47.7 Å². The van der Waals surface area contributed by atoms with Crippen LogP contribution in [0.4, 0.5) is 0 Å². The molecule has 0 fully saturated rings. The van der Waals surface area contributed by atoms with E-state index in [0.29, 0.717) is 53.1 Å². The fourth-order valence-electron chi connectivity index (χ4n) is 7.18. The molecule has 49 heavy (non-hydrogen) atoms. The molecular weight excluding hydrogens is 624 g/mol. The lowest BCUT2D eigenvalue weighted by atomic mass is 9.88. The largest absolute Gasteiger partial charge is 0.504 e. The van der Waals surface area contributed by atoms with E-state index in [0.717, 1.165) is 53.7 Å². The van der Waals surface area contributed by atoms with Gasteiger partial charge in [-0.15, -0.1) is 0 Å². The number of ether oxygens (including phenoxy) is 6. The van der Waals surface area contributed by atoms with E-state index in [1.165, 1.54) is 5.56 Å². The summed E-state index contributed by atoms with van der Waals surface area (Å²) in [6, 6.07) is 17.3. The third kappa shape index (κ3) is 6.75. The molecule has 0 aliphatic carbocycles. The molecular formula is C39H46N2O8. The summed E-state index contributed by atoms with van der Waals surface area (Å²) >= 11 is 0. The molecule has 0 spiro atoms. The van der Waals surface area contributed by atoms with Crippen LogP contribution < -0.4 is 28.4 Å². The summed E-state index contributed by atoms with van der Waals surface area (Å²) in [6.45, 7) is 1.75. The van der Waals surface area contributed by atoms with Crippen molar-refractivity contribution < 1.29 is 38.6 Å². The fraction of sp³-hybridized carbons (Fsp3) is 0.385. The molecule has 260 valence electrons. The summed E-state index contributed by atoms with van der Waals surface area (Å²) in [5, 5.41) is 21.2. The van der Waals surface area contributed by atoms with E-state index < -0.39 is 0 Å². The van der Waals surface area contributed by atoms with Crippen molar-refractivity contribution in [3.63, 3.8) is 0 Å². The molecule has 4 aromatic carbocycles. The second kappa shape index (κ2) is 14.4. The van der Waals surface area contributed by atoms with Crippen molar-refractivity contribution in [3.8, 4) is 51.7 Å². The highest BCUT2D eigenvalue weighted by atomic mass is 16.5. The minimum atomic E-state index is -0.0367. The van der Waals surface area contributed by atoms with Crippen LogP contribution in [0.25, 0.3) is 0 Å². The van der Waals surface area contributed by atoms with Gasteiger partial charge in [0.2, 0.25) is 0 Å². The van der Waals surface area contributed by atoms with Gasteiger partial charge in [0.15, 0.2) is 46.0 Å². The number of hydrogen-bond donors (Lipinski definition) is 2. The van der Waals surface area contributed by atoms with Gasteiger partial charge in [-0.25, -0.2) is 0 Å². The fourth-order valence-corrected chi connectivity index (χ4v) is 7.18. The Balaban J connectivity index is 1.39. The molecule has 2 atom stereocenters. The van der Waals surface area contributed by atoms with Gasteiger partial charge in [0.05, 0.1) is 35.5 Å². The third-order valence-electron chi connectivity index (χ3n) is 9.99. The molecule has 0 radical (unpaired) electrons. The Morgan fingerprint density at radius 1 is 0.551 bits per heavy atom. The van der Waals surface area contributed by atoms with E-state index in [4.69, 9.17) is 28.4 Å². The SMILES string of the molecule is COc1ccc(C[C@H]2c3cc(Oc4cc(OC)c(OC)cc4C[C@H]4c5cc(O)c(OC)cc5CCN4C)c(OC)cc3CCN2C)cc1O. The van der Waals surface area contributed by atoms with Crippen LogP contribution in [0.2, 0.25) is 0 Å². The minimum absolute atomic E-state index is 0.0367.